The summed E-state index contributed by atoms with van der Waals surface area (Å²) in [5, 5.41) is 6.64. The van der Waals surface area contributed by atoms with Crippen molar-refractivity contribution in [1.82, 2.24) is 15.5 Å². The smallest absolute Gasteiger partial charge is 0.190 e. The van der Waals surface area contributed by atoms with Crippen LogP contribution in [0, 0.1) is 5.82 Å². The van der Waals surface area contributed by atoms with Crippen molar-refractivity contribution >= 4 is 29.9 Å². The summed E-state index contributed by atoms with van der Waals surface area (Å²) in [6, 6.07) is 6.65. The fourth-order valence-corrected chi connectivity index (χ4v) is 2.49. The van der Waals surface area contributed by atoms with Gasteiger partial charge in [-0.25, -0.2) is 4.39 Å². The van der Waals surface area contributed by atoms with Crippen molar-refractivity contribution in [3.05, 3.63) is 35.6 Å². The van der Waals surface area contributed by atoms with Gasteiger partial charge in [0.25, 0.3) is 0 Å². The highest BCUT2D eigenvalue weighted by molar-refractivity contribution is 14.0. The maximum atomic E-state index is 12.9. The summed E-state index contributed by atoms with van der Waals surface area (Å²) in [4.78, 5) is 6.47. The van der Waals surface area contributed by atoms with Gasteiger partial charge >= 0.3 is 0 Å². The highest BCUT2D eigenvalue weighted by Gasteiger charge is 1.99. The topological polar surface area (TPSA) is 39.7 Å². The minimum atomic E-state index is -0.189. The third kappa shape index (κ3) is 13.0. The molecule has 144 valence electrons. The van der Waals surface area contributed by atoms with E-state index < -0.39 is 0 Å². The Labute approximate surface area is 169 Å². The molecule has 6 heteroatoms. The van der Waals surface area contributed by atoms with Gasteiger partial charge in [0.15, 0.2) is 5.96 Å². The Bertz CT molecular complexity index is 463. The summed E-state index contributed by atoms with van der Waals surface area (Å²) >= 11 is 0. The van der Waals surface area contributed by atoms with Crippen LogP contribution < -0.4 is 10.6 Å². The standard InChI is InChI=1S/C19H33FN4.HI/c1-21-19(22-14-7-5-4-6-8-16-24(2)3)23-15-13-17-9-11-18(20)12-10-17;/h9-12H,4-8,13-16H2,1-3H3,(H2,21,22,23);1H. The lowest BCUT2D eigenvalue weighted by Gasteiger charge is -2.12. The van der Waals surface area contributed by atoms with E-state index in [-0.39, 0.29) is 29.8 Å². The van der Waals surface area contributed by atoms with Crippen molar-refractivity contribution < 1.29 is 4.39 Å². The predicted octanol–water partition coefficient (Wildman–Crippen LogP) is 3.66. The molecule has 0 aliphatic rings. The first-order chi connectivity index (χ1) is 11.6. The molecule has 1 aromatic rings. The molecule has 0 spiro atoms. The molecule has 25 heavy (non-hydrogen) atoms. The van der Waals surface area contributed by atoms with Gasteiger partial charge in [-0.15, -0.1) is 24.0 Å². The molecule has 2 N–H and O–H groups in total. The van der Waals surface area contributed by atoms with Gasteiger partial charge in [0.2, 0.25) is 0 Å². The molecular formula is C19H34FIN4. The van der Waals surface area contributed by atoms with Crippen LogP contribution in [-0.4, -0.2) is 51.6 Å². The molecule has 0 heterocycles. The van der Waals surface area contributed by atoms with Crippen LogP contribution in [0.2, 0.25) is 0 Å². The van der Waals surface area contributed by atoms with Crippen molar-refractivity contribution in [3.8, 4) is 0 Å². The lowest BCUT2D eigenvalue weighted by atomic mass is 10.1. The van der Waals surface area contributed by atoms with E-state index >= 15 is 0 Å². The zero-order valence-corrected chi connectivity index (χ0v) is 18.2. The summed E-state index contributed by atoms with van der Waals surface area (Å²) in [6.45, 7) is 2.92. The monoisotopic (exact) mass is 464 g/mol. The summed E-state index contributed by atoms with van der Waals surface area (Å²) < 4.78 is 12.9. The number of unbranched alkanes of at least 4 members (excludes halogenated alkanes) is 4. The Morgan fingerprint density at radius 3 is 2.20 bits per heavy atom. The van der Waals surface area contributed by atoms with Gasteiger partial charge in [-0.1, -0.05) is 31.4 Å². The van der Waals surface area contributed by atoms with E-state index in [0.717, 1.165) is 31.0 Å². The van der Waals surface area contributed by atoms with E-state index in [1.54, 1.807) is 7.05 Å². The van der Waals surface area contributed by atoms with E-state index in [1.807, 2.05) is 12.1 Å². The maximum absolute atomic E-state index is 12.9. The van der Waals surface area contributed by atoms with E-state index in [0.29, 0.717) is 0 Å². The van der Waals surface area contributed by atoms with Crippen molar-refractivity contribution in [3.63, 3.8) is 0 Å². The van der Waals surface area contributed by atoms with E-state index in [4.69, 9.17) is 0 Å². The fourth-order valence-electron chi connectivity index (χ4n) is 2.49. The number of aliphatic imine (C=N–C) groups is 1. The third-order valence-electron chi connectivity index (χ3n) is 3.92. The second-order valence-corrected chi connectivity index (χ2v) is 6.37. The molecular weight excluding hydrogens is 430 g/mol. The molecule has 0 unspecified atom stereocenters. The van der Waals surface area contributed by atoms with Gasteiger partial charge in [-0.2, -0.15) is 0 Å². The summed E-state index contributed by atoms with van der Waals surface area (Å²) in [5.41, 5.74) is 1.12. The lowest BCUT2D eigenvalue weighted by molar-refractivity contribution is 0.389. The molecule has 0 aromatic heterocycles. The van der Waals surface area contributed by atoms with Crippen LogP contribution in [0.4, 0.5) is 4.39 Å². The zero-order valence-electron chi connectivity index (χ0n) is 15.9. The van der Waals surface area contributed by atoms with Crippen molar-refractivity contribution in [2.75, 3.05) is 40.8 Å². The van der Waals surface area contributed by atoms with Crippen LogP contribution in [0.1, 0.15) is 37.7 Å². The van der Waals surface area contributed by atoms with Crippen LogP contribution in [0.15, 0.2) is 29.3 Å². The number of hydrogen-bond donors (Lipinski definition) is 2. The molecule has 0 saturated carbocycles. The van der Waals surface area contributed by atoms with Gasteiger partial charge in [0, 0.05) is 20.1 Å². The number of guanidine groups is 1. The minimum Gasteiger partial charge on any atom is -0.356 e. The highest BCUT2D eigenvalue weighted by Crippen LogP contribution is 2.03. The Morgan fingerprint density at radius 2 is 1.56 bits per heavy atom. The summed E-state index contributed by atoms with van der Waals surface area (Å²) in [7, 11) is 6.03. The van der Waals surface area contributed by atoms with Crippen molar-refractivity contribution in [2.45, 2.75) is 38.5 Å². The Balaban J connectivity index is 0.00000576. The first-order valence-electron chi connectivity index (χ1n) is 8.95. The molecule has 1 rings (SSSR count). The molecule has 1 aromatic carbocycles. The van der Waals surface area contributed by atoms with Crippen molar-refractivity contribution in [2.24, 2.45) is 4.99 Å². The average molecular weight is 464 g/mol. The first-order valence-corrected chi connectivity index (χ1v) is 8.95. The number of benzene rings is 1. The number of nitrogens with zero attached hydrogens (tertiary/aromatic N) is 2. The van der Waals surface area contributed by atoms with Gasteiger partial charge in [-0.05, 0) is 57.6 Å². The Morgan fingerprint density at radius 1 is 0.960 bits per heavy atom. The summed E-state index contributed by atoms with van der Waals surface area (Å²) in [6.07, 6.45) is 7.17. The largest absolute Gasteiger partial charge is 0.356 e. The average Bonchev–Trinajstić information content (AvgIpc) is 2.57. The third-order valence-corrected chi connectivity index (χ3v) is 3.92. The molecule has 0 fully saturated rings. The second kappa shape index (κ2) is 15.4. The molecule has 0 aliphatic heterocycles. The molecule has 0 saturated heterocycles. The number of hydrogen-bond acceptors (Lipinski definition) is 2. The van der Waals surface area contributed by atoms with E-state index in [9.17, 15) is 4.39 Å². The van der Waals surface area contributed by atoms with Crippen molar-refractivity contribution in [1.29, 1.82) is 0 Å². The summed E-state index contributed by atoms with van der Waals surface area (Å²) in [5.74, 6) is 0.649. The van der Waals surface area contributed by atoms with Crippen LogP contribution in [0.5, 0.6) is 0 Å². The van der Waals surface area contributed by atoms with Gasteiger partial charge in [0.05, 0.1) is 0 Å². The fraction of sp³-hybridized carbons (Fsp3) is 0.632. The molecule has 0 atom stereocenters. The predicted molar refractivity (Wildman–Crippen MR) is 117 cm³/mol. The maximum Gasteiger partial charge on any atom is 0.190 e. The van der Waals surface area contributed by atoms with Crippen LogP contribution in [-0.2, 0) is 6.42 Å². The van der Waals surface area contributed by atoms with Gasteiger partial charge < -0.3 is 15.5 Å². The van der Waals surface area contributed by atoms with Gasteiger partial charge in [0.1, 0.15) is 5.82 Å². The van der Waals surface area contributed by atoms with Gasteiger partial charge in [-0.3, -0.25) is 4.99 Å². The van der Waals surface area contributed by atoms with E-state index in [1.165, 1.54) is 50.8 Å². The SMILES string of the molecule is CN=C(NCCCCCCCN(C)C)NCCc1ccc(F)cc1.I. The van der Waals surface area contributed by atoms with Crippen LogP contribution >= 0.6 is 24.0 Å². The molecule has 0 amide bonds. The van der Waals surface area contributed by atoms with Crippen LogP contribution in [0.3, 0.4) is 0 Å². The second-order valence-electron chi connectivity index (χ2n) is 6.37. The van der Waals surface area contributed by atoms with Crippen LogP contribution in [0.25, 0.3) is 0 Å². The zero-order chi connectivity index (χ0) is 17.6. The number of rotatable bonds is 11. The lowest BCUT2D eigenvalue weighted by Crippen LogP contribution is -2.38. The number of nitrogens with one attached hydrogen (secondary N) is 2. The molecule has 4 nitrogen and oxygen atoms in total. The molecule has 0 aliphatic carbocycles. The molecule has 0 bridgehead atoms. The minimum absolute atomic E-state index is 0. The normalized spacial score (nSPS) is 11.3. The Hall–Kier alpha value is -0.890. The number of halogens is 2. The first kappa shape index (κ1) is 24.1. The van der Waals surface area contributed by atoms with E-state index in [2.05, 4.69) is 34.6 Å². The molecule has 0 radical (unpaired) electrons. The highest BCUT2D eigenvalue weighted by atomic mass is 127. The Kier molecular flexibility index (Phi) is 14.8. The quantitative estimate of drug-likeness (QED) is 0.227.